The summed E-state index contributed by atoms with van der Waals surface area (Å²) in [6, 6.07) is 6.10. The second-order valence-electron chi connectivity index (χ2n) is 6.70. The van der Waals surface area contributed by atoms with Crippen LogP contribution in [0.4, 0.5) is 0 Å². The number of fused-ring (bicyclic) bond motifs is 1. The number of likely N-dealkylation sites (tertiary alicyclic amines) is 1. The van der Waals surface area contributed by atoms with Gasteiger partial charge < -0.3 is 5.32 Å². The molecule has 1 amide bonds. The number of nitrogens with zero attached hydrogens (tertiary/aromatic N) is 3. The SMILES string of the molecule is O=C1NCCCC1N1CCC(c2ccc3cc(Cl)cnc3n2)CC1. The second-order valence-corrected chi connectivity index (χ2v) is 7.13. The van der Waals surface area contributed by atoms with Gasteiger partial charge in [-0.25, -0.2) is 9.97 Å². The predicted octanol–water partition coefficient (Wildman–Crippen LogP) is 2.74. The number of piperidine rings is 2. The Labute approximate surface area is 146 Å². The Hall–Kier alpha value is -1.72. The van der Waals surface area contributed by atoms with Crippen LogP contribution < -0.4 is 5.32 Å². The monoisotopic (exact) mass is 344 g/mol. The van der Waals surface area contributed by atoms with Crippen LogP contribution in [0.5, 0.6) is 0 Å². The highest BCUT2D eigenvalue weighted by atomic mass is 35.5. The molecule has 126 valence electrons. The van der Waals surface area contributed by atoms with E-state index < -0.39 is 0 Å². The van der Waals surface area contributed by atoms with Gasteiger partial charge in [-0.3, -0.25) is 9.69 Å². The second kappa shape index (κ2) is 6.65. The lowest BCUT2D eigenvalue weighted by atomic mass is 9.91. The Morgan fingerprint density at radius 3 is 2.83 bits per heavy atom. The fourth-order valence-electron chi connectivity index (χ4n) is 3.84. The molecule has 2 aliphatic rings. The Morgan fingerprint density at radius 2 is 2.04 bits per heavy atom. The van der Waals surface area contributed by atoms with Crippen molar-refractivity contribution in [3.05, 3.63) is 35.1 Å². The number of carbonyl (C=O) groups excluding carboxylic acids is 1. The maximum Gasteiger partial charge on any atom is 0.237 e. The van der Waals surface area contributed by atoms with Gasteiger partial charge in [0.25, 0.3) is 0 Å². The zero-order valence-corrected chi connectivity index (χ0v) is 14.3. The van der Waals surface area contributed by atoms with Crippen molar-refractivity contribution in [2.24, 2.45) is 0 Å². The van der Waals surface area contributed by atoms with Crippen molar-refractivity contribution in [2.45, 2.75) is 37.6 Å². The summed E-state index contributed by atoms with van der Waals surface area (Å²) in [5.74, 6) is 0.638. The number of pyridine rings is 2. The molecule has 0 spiro atoms. The number of carbonyl (C=O) groups is 1. The number of halogens is 1. The topological polar surface area (TPSA) is 58.1 Å². The number of aromatic nitrogens is 2. The Morgan fingerprint density at radius 1 is 1.21 bits per heavy atom. The highest BCUT2D eigenvalue weighted by Gasteiger charge is 2.31. The summed E-state index contributed by atoms with van der Waals surface area (Å²) in [6.07, 6.45) is 5.78. The van der Waals surface area contributed by atoms with E-state index in [2.05, 4.69) is 27.3 Å². The average molecular weight is 345 g/mol. The van der Waals surface area contributed by atoms with Gasteiger partial charge in [0.1, 0.15) is 0 Å². The molecule has 1 unspecified atom stereocenters. The van der Waals surface area contributed by atoms with Crippen molar-refractivity contribution in [3.63, 3.8) is 0 Å². The number of rotatable bonds is 2. The third kappa shape index (κ3) is 3.10. The fraction of sp³-hybridized carbons (Fsp3) is 0.500. The maximum absolute atomic E-state index is 12.0. The van der Waals surface area contributed by atoms with Gasteiger partial charge in [0.15, 0.2) is 5.65 Å². The summed E-state index contributed by atoms with van der Waals surface area (Å²) < 4.78 is 0. The van der Waals surface area contributed by atoms with E-state index in [9.17, 15) is 4.79 Å². The van der Waals surface area contributed by atoms with E-state index in [1.165, 1.54) is 0 Å². The van der Waals surface area contributed by atoms with Gasteiger partial charge in [-0.05, 0) is 57.0 Å². The molecule has 4 rings (SSSR count). The van der Waals surface area contributed by atoms with Crippen molar-refractivity contribution >= 4 is 28.5 Å². The van der Waals surface area contributed by atoms with E-state index in [0.29, 0.717) is 10.9 Å². The van der Waals surface area contributed by atoms with Crippen molar-refractivity contribution in [1.82, 2.24) is 20.2 Å². The average Bonchev–Trinajstić information content (AvgIpc) is 2.62. The van der Waals surface area contributed by atoms with Gasteiger partial charge >= 0.3 is 0 Å². The highest BCUT2D eigenvalue weighted by molar-refractivity contribution is 6.31. The molecule has 0 bridgehead atoms. The van der Waals surface area contributed by atoms with Crippen molar-refractivity contribution < 1.29 is 4.79 Å². The summed E-state index contributed by atoms with van der Waals surface area (Å²) >= 11 is 5.98. The predicted molar refractivity (Wildman–Crippen MR) is 94.1 cm³/mol. The summed E-state index contributed by atoms with van der Waals surface area (Å²) in [6.45, 7) is 2.73. The molecule has 6 heteroatoms. The minimum Gasteiger partial charge on any atom is -0.355 e. The normalized spacial score (nSPS) is 23.4. The zero-order chi connectivity index (χ0) is 16.5. The standard InChI is InChI=1S/C18H21ClN4O/c19-14-10-13-3-4-15(22-17(13)21-11-14)12-5-8-23(9-6-12)16-2-1-7-20-18(16)24/h3-4,10-12,16H,1-2,5-9H2,(H,20,24). The van der Waals surface area contributed by atoms with E-state index in [0.717, 1.165) is 62.0 Å². The van der Waals surface area contributed by atoms with E-state index in [1.54, 1.807) is 6.20 Å². The number of amides is 1. The zero-order valence-electron chi connectivity index (χ0n) is 13.5. The van der Waals surface area contributed by atoms with Crippen LogP contribution in [0.3, 0.4) is 0 Å². The first kappa shape index (κ1) is 15.8. The molecule has 2 fully saturated rings. The number of hydrogen-bond acceptors (Lipinski definition) is 4. The van der Waals surface area contributed by atoms with Crippen LogP contribution in [0.15, 0.2) is 24.4 Å². The van der Waals surface area contributed by atoms with Crippen LogP contribution in [0.1, 0.15) is 37.3 Å². The molecule has 2 aromatic heterocycles. The van der Waals surface area contributed by atoms with E-state index in [1.807, 2.05) is 6.07 Å². The summed E-state index contributed by atoms with van der Waals surface area (Å²) in [7, 11) is 0. The smallest absolute Gasteiger partial charge is 0.237 e. The quantitative estimate of drug-likeness (QED) is 0.910. The fourth-order valence-corrected chi connectivity index (χ4v) is 4.00. The van der Waals surface area contributed by atoms with Crippen LogP contribution in [-0.4, -0.2) is 46.5 Å². The van der Waals surface area contributed by atoms with Crippen LogP contribution >= 0.6 is 11.6 Å². The van der Waals surface area contributed by atoms with Crippen molar-refractivity contribution in [3.8, 4) is 0 Å². The van der Waals surface area contributed by atoms with Gasteiger partial charge in [0, 0.05) is 29.7 Å². The van der Waals surface area contributed by atoms with Gasteiger partial charge in [-0.15, -0.1) is 0 Å². The van der Waals surface area contributed by atoms with Crippen LogP contribution in [0.25, 0.3) is 11.0 Å². The molecule has 4 heterocycles. The van der Waals surface area contributed by atoms with Crippen molar-refractivity contribution in [1.29, 1.82) is 0 Å². The molecule has 5 nitrogen and oxygen atoms in total. The molecular weight excluding hydrogens is 324 g/mol. The van der Waals surface area contributed by atoms with Crippen LogP contribution in [-0.2, 0) is 4.79 Å². The van der Waals surface area contributed by atoms with Gasteiger partial charge in [0.05, 0.1) is 11.1 Å². The first-order valence-corrected chi connectivity index (χ1v) is 9.02. The first-order valence-electron chi connectivity index (χ1n) is 8.65. The van der Waals surface area contributed by atoms with Gasteiger partial charge in [-0.2, -0.15) is 0 Å². The third-order valence-electron chi connectivity index (χ3n) is 5.18. The van der Waals surface area contributed by atoms with Crippen molar-refractivity contribution in [2.75, 3.05) is 19.6 Å². The van der Waals surface area contributed by atoms with E-state index in [4.69, 9.17) is 16.6 Å². The molecular formula is C18H21ClN4O. The molecule has 0 aliphatic carbocycles. The largest absolute Gasteiger partial charge is 0.355 e. The summed E-state index contributed by atoms with van der Waals surface area (Å²) in [5, 5.41) is 4.59. The Kier molecular flexibility index (Phi) is 4.37. The third-order valence-corrected chi connectivity index (χ3v) is 5.38. The molecule has 0 aromatic carbocycles. The Balaban J connectivity index is 1.45. The first-order chi connectivity index (χ1) is 11.7. The molecule has 1 atom stereocenters. The minimum atomic E-state index is 0.0630. The lowest BCUT2D eigenvalue weighted by molar-refractivity contribution is -0.128. The highest BCUT2D eigenvalue weighted by Crippen LogP contribution is 2.30. The summed E-state index contributed by atoms with van der Waals surface area (Å²) in [4.78, 5) is 23.4. The number of nitrogens with one attached hydrogen (secondary N) is 1. The lowest BCUT2D eigenvalue weighted by Crippen LogP contribution is -2.52. The van der Waals surface area contributed by atoms with Crippen LogP contribution in [0, 0.1) is 0 Å². The summed E-state index contributed by atoms with van der Waals surface area (Å²) in [5.41, 5.74) is 1.86. The van der Waals surface area contributed by atoms with Gasteiger partial charge in [-0.1, -0.05) is 11.6 Å². The lowest BCUT2D eigenvalue weighted by Gasteiger charge is -2.38. The van der Waals surface area contributed by atoms with E-state index >= 15 is 0 Å². The number of hydrogen-bond donors (Lipinski definition) is 1. The van der Waals surface area contributed by atoms with Crippen LogP contribution in [0.2, 0.25) is 5.02 Å². The molecule has 0 radical (unpaired) electrons. The van der Waals surface area contributed by atoms with E-state index in [-0.39, 0.29) is 11.9 Å². The molecule has 0 saturated carbocycles. The van der Waals surface area contributed by atoms with Gasteiger partial charge in [0.2, 0.25) is 5.91 Å². The maximum atomic E-state index is 12.0. The Bertz CT molecular complexity index is 758. The molecule has 24 heavy (non-hydrogen) atoms. The molecule has 2 aliphatic heterocycles. The molecule has 2 saturated heterocycles. The minimum absolute atomic E-state index is 0.0630. The molecule has 1 N–H and O–H groups in total. The molecule has 2 aromatic rings.